The molecule has 7 heteroatoms. The van der Waals surface area contributed by atoms with E-state index in [1.165, 1.54) is 0 Å². The molecule has 0 spiro atoms. The number of hydrogen-bond donors (Lipinski definition) is 2. The smallest absolute Gasteiger partial charge is 0.262 e. The zero-order valence-corrected chi connectivity index (χ0v) is 16.7. The molecule has 146 valence electrons. The number of aromatic amines is 1. The van der Waals surface area contributed by atoms with E-state index < -0.39 is 10.0 Å². The monoisotopic (exact) mass is 398 g/mol. The molecule has 2 N–H and O–H groups in total. The van der Waals surface area contributed by atoms with Crippen LogP contribution in [0.4, 0.5) is 5.69 Å². The minimum atomic E-state index is -3.77. The Morgan fingerprint density at radius 3 is 2.61 bits per heavy atom. The molecule has 1 aliphatic rings. The van der Waals surface area contributed by atoms with Crippen LogP contribution >= 0.6 is 0 Å². The Morgan fingerprint density at radius 1 is 1.14 bits per heavy atom. The van der Waals surface area contributed by atoms with E-state index in [1.54, 1.807) is 43.3 Å². The van der Waals surface area contributed by atoms with Crippen molar-refractivity contribution < 1.29 is 17.9 Å². The lowest BCUT2D eigenvalue weighted by molar-refractivity contribution is 0.0974. The maximum atomic E-state index is 13.0. The van der Waals surface area contributed by atoms with Crippen molar-refractivity contribution in [2.24, 2.45) is 0 Å². The number of benzene rings is 2. The number of H-pyrrole nitrogens is 1. The van der Waals surface area contributed by atoms with E-state index in [0.29, 0.717) is 41.1 Å². The van der Waals surface area contributed by atoms with Gasteiger partial charge in [-0.1, -0.05) is 0 Å². The summed E-state index contributed by atoms with van der Waals surface area (Å²) in [6, 6.07) is 10.2. The molecule has 0 unspecified atom stereocenters. The third-order valence-electron chi connectivity index (χ3n) is 4.99. The number of rotatable bonds is 5. The second-order valence-corrected chi connectivity index (χ2v) is 8.63. The van der Waals surface area contributed by atoms with Crippen molar-refractivity contribution in [3.63, 3.8) is 0 Å². The van der Waals surface area contributed by atoms with E-state index in [9.17, 15) is 13.2 Å². The highest BCUT2D eigenvalue weighted by Crippen LogP contribution is 2.32. The number of carbonyl (C=O) groups is 1. The van der Waals surface area contributed by atoms with Gasteiger partial charge < -0.3 is 9.72 Å². The van der Waals surface area contributed by atoms with Gasteiger partial charge in [-0.2, -0.15) is 0 Å². The molecule has 1 aromatic heterocycles. The van der Waals surface area contributed by atoms with E-state index in [-0.39, 0.29) is 10.7 Å². The summed E-state index contributed by atoms with van der Waals surface area (Å²) in [7, 11) is -3.77. The first-order chi connectivity index (χ1) is 13.4. The fourth-order valence-electron chi connectivity index (χ4n) is 3.73. The van der Waals surface area contributed by atoms with Crippen LogP contribution in [0.5, 0.6) is 5.75 Å². The summed E-state index contributed by atoms with van der Waals surface area (Å²) >= 11 is 0. The summed E-state index contributed by atoms with van der Waals surface area (Å²) < 4.78 is 33.9. The molecule has 28 heavy (non-hydrogen) atoms. The first-order valence-corrected chi connectivity index (χ1v) is 10.8. The number of sulfonamides is 1. The van der Waals surface area contributed by atoms with Crippen molar-refractivity contribution >= 4 is 32.4 Å². The van der Waals surface area contributed by atoms with Gasteiger partial charge in [0, 0.05) is 34.3 Å². The molecule has 6 nitrogen and oxygen atoms in total. The third-order valence-corrected chi connectivity index (χ3v) is 6.51. The number of Topliss-reactive ketones (excluding diaryl/α,β-unsaturated/α-hetero) is 1. The molecule has 0 fully saturated rings. The van der Waals surface area contributed by atoms with Crippen molar-refractivity contribution in [2.45, 2.75) is 38.0 Å². The molecule has 0 amide bonds. The largest absolute Gasteiger partial charge is 0.494 e. The van der Waals surface area contributed by atoms with E-state index in [1.807, 2.05) is 6.92 Å². The topological polar surface area (TPSA) is 88.3 Å². The van der Waals surface area contributed by atoms with Crippen molar-refractivity contribution in [1.82, 2.24) is 4.98 Å². The molecule has 0 bridgehead atoms. The molecular weight excluding hydrogens is 376 g/mol. The fourth-order valence-corrected chi connectivity index (χ4v) is 5.04. The predicted molar refractivity (Wildman–Crippen MR) is 109 cm³/mol. The highest BCUT2D eigenvalue weighted by atomic mass is 32.2. The van der Waals surface area contributed by atoms with Gasteiger partial charge in [0.1, 0.15) is 5.75 Å². The van der Waals surface area contributed by atoms with Crippen LogP contribution in [0.15, 0.2) is 41.3 Å². The summed E-state index contributed by atoms with van der Waals surface area (Å²) in [4.78, 5) is 15.7. The van der Waals surface area contributed by atoms with Crippen molar-refractivity contribution in [3.8, 4) is 5.75 Å². The molecule has 0 saturated heterocycles. The zero-order chi connectivity index (χ0) is 19.9. The van der Waals surface area contributed by atoms with Crippen molar-refractivity contribution in [3.05, 3.63) is 53.2 Å². The normalized spacial score (nSPS) is 14.1. The molecule has 0 saturated carbocycles. The minimum Gasteiger partial charge on any atom is -0.494 e. The number of aromatic nitrogens is 1. The maximum absolute atomic E-state index is 13.0. The van der Waals surface area contributed by atoms with Crippen LogP contribution in [0.25, 0.3) is 10.9 Å². The maximum Gasteiger partial charge on any atom is 0.262 e. The summed E-state index contributed by atoms with van der Waals surface area (Å²) in [6.07, 6.45) is 2.17. The Hall–Kier alpha value is -2.80. The lowest BCUT2D eigenvalue weighted by Gasteiger charge is -2.12. The van der Waals surface area contributed by atoms with E-state index in [4.69, 9.17) is 4.74 Å². The van der Waals surface area contributed by atoms with Crippen LogP contribution in [-0.2, 0) is 16.4 Å². The number of fused-ring (bicyclic) bond motifs is 3. The van der Waals surface area contributed by atoms with Crippen LogP contribution in [0.3, 0.4) is 0 Å². The molecule has 3 aromatic rings. The quantitative estimate of drug-likeness (QED) is 0.674. The molecule has 0 radical (unpaired) electrons. The average Bonchev–Trinajstić information content (AvgIpc) is 3.01. The lowest BCUT2D eigenvalue weighted by atomic mass is 9.94. The molecule has 2 aromatic carbocycles. The van der Waals surface area contributed by atoms with Gasteiger partial charge in [0.05, 0.1) is 11.5 Å². The SMILES string of the molecule is CCOc1ccc(NS(=O)(=O)c2cc3[nH]c4c(c3cc2C)C(=O)CCC4)cc1. The summed E-state index contributed by atoms with van der Waals surface area (Å²) in [6.45, 7) is 4.19. The Kier molecular flexibility index (Phi) is 4.63. The van der Waals surface area contributed by atoms with Gasteiger partial charge >= 0.3 is 0 Å². The highest BCUT2D eigenvalue weighted by molar-refractivity contribution is 7.92. The summed E-state index contributed by atoms with van der Waals surface area (Å²) in [5.41, 5.74) is 3.36. The van der Waals surface area contributed by atoms with Crippen LogP contribution < -0.4 is 9.46 Å². The second-order valence-electron chi connectivity index (χ2n) is 6.98. The molecule has 1 aliphatic carbocycles. The van der Waals surface area contributed by atoms with Crippen molar-refractivity contribution in [2.75, 3.05) is 11.3 Å². The van der Waals surface area contributed by atoms with Gasteiger partial charge in [0.25, 0.3) is 10.0 Å². The zero-order valence-electron chi connectivity index (χ0n) is 15.8. The summed E-state index contributed by atoms with van der Waals surface area (Å²) in [5.74, 6) is 0.805. The number of anilines is 1. The van der Waals surface area contributed by atoms with Gasteiger partial charge in [-0.05, 0) is 68.7 Å². The number of ether oxygens (including phenoxy) is 1. The van der Waals surface area contributed by atoms with Crippen LogP contribution in [0.1, 0.15) is 41.4 Å². The number of aryl methyl sites for hydroxylation is 2. The number of carbonyl (C=O) groups excluding carboxylic acids is 1. The number of ketones is 1. The molecule has 1 heterocycles. The second kappa shape index (κ2) is 6.98. The third kappa shape index (κ3) is 3.26. The first-order valence-electron chi connectivity index (χ1n) is 9.33. The Morgan fingerprint density at radius 2 is 1.89 bits per heavy atom. The number of hydrogen-bond acceptors (Lipinski definition) is 4. The first kappa shape index (κ1) is 18.6. The Balaban J connectivity index is 1.71. The Bertz CT molecular complexity index is 1160. The van der Waals surface area contributed by atoms with Gasteiger partial charge in [-0.15, -0.1) is 0 Å². The van der Waals surface area contributed by atoms with E-state index in [2.05, 4.69) is 9.71 Å². The Labute approximate surface area is 164 Å². The average molecular weight is 398 g/mol. The molecular formula is C21H22N2O4S. The van der Waals surface area contributed by atoms with Gasteiger partial charge in [0.15, 0.2) is 5.78 Å². The molecule has 0 aliphatic heterocycles. The highest BCUT2D eigenvalue weighted by Gasteiger charge is 2.25. The van der Waals surface area contributed by atoms with Crippen LogP contribution in [0, 0.1) is 6.92 Å². The van der Waals surface area contributed by atoms with Gasteiger partial charge in [-0.3, -0.25) is 9.52 Å². The molecule has 4 rings (SSSR count). The predicted octanol–water partition coefficient (Wildman–Crippen LogP) is 4.19. The fraction of sp³-hybridized carbons (Fsp3) is 0.286. The minimum absolute atomic E-state index is 0.120. The standard InChI is InChI=1S/C21H22N2O4S/c1-3-27-15-9-7-14(8-10-15)23-28(25,26)20-12-18-16(11-13(20)2)21-17(22-18)5-4-6-19(21)24/h7-12,22-23H,3-6H2,1-2H3. The van der Waals surface area contributed by atoms with Crippen LogP contribution in [-0.4, -0.2) is 25.8 Å². The van der Waals surface area contributed by atoms with Crippen molar-refractivity contribution in [1.29, 1.82) is 0 Å². The summed E-state index contributed by atoms with van der Waals surface area (Å²) in [5, 5.41) is 0.803. The van der Waals surface area contributed by atoms with E-state index >= 15 is 0 Å². The molecule has 0 atom stereocenters. The number of nitrogens with one attached hydrogen (secondary N) is 2. The van der Waals surface area contributed by atoms with Gasteiger partial charge in [0.2, 0.25) is 0 Å². The van der Waals surface area contributed by atoms with Gasteiger partial charge in [-0.25, -0.2) is 8.42 Å². The van der Waals surface area contributed by atoms with Crippen LogP contribution in [0.2, 0.25) is 0 Å². The van der Waals surface area contributed by atoms with E-state index in [0.717, 1.165) is 23.9 Å². The lowest BCUT2D eigenvalue weighted by Crippen LogP contribution is -2.14.